The average molecular weight is 441 g/mol. The maximum absolute atomic E-state index is 13.3. The first-order valence-electron chi connectivity index (χ1n) is 10.0. The molecule has 2 aromatic rings. The van der Waals surface area contributed by atoms with Crippen LogP contribution in [0.4, 0.5) is 0 Å². The Morgan fingerprint density at radius 2 is 1.82 bits per heavy atom. The smallest absolute Gasteiger partial charge is 0.254 e. The normalized spacial score (nSPS) is 23.9. The number of fused-ring (bicyclic) bond motifs is 1. The van der Waals surface area contributed by atoms with Gasteiger partial charge in [0.15, 0.2) is 0 Å². The van der Waals surface area contributed by atoms with Gasteiger partial charge in [0.25, 0.3) is 5.91 Å². The standard InChI is InChI=1S/C23H25BrN2O2/c24-19-11-6-7-16(13-19)15-25-22(27)21-14-18-10-4-5-12-20(18)26(21)23(28)17-8-2-1-3-9-17/h1-3,6-9,11,13,18,20-21H,4-5,10,12,14-15H2,(H,25,27). The Morgan fingerprint density at radius 3 is 2.61 bits per heavy atom. The number of benzene rings is 2. The van der Waals surface area contributed by atoms with Crippen LogP contribution in [0.1, 0.15) is 48.0 Å². The van der Waals surface area contributed by atoms with E-state index < -0.39 is 0 Å². The Bertz CT molecular complexity index is 855. The van der Waals surface area contributed by atoms with Crippen molar-refractivity contribution in [3.63, 3.8) is 0 Å². The first-order chi connectivity index (χ1) is 13.6. The Balaban J connectivity index is 1.53. The highest BCUT2D eigenvalue weighted by Gasteiger charge is 2.47. The number of amides is 2. The second-order valence-electron chi connectivity index (χ2n) is 7.79. The van der Waals surface area contributed by atoms with E-state index >= 15 is 0 Å². The van der Waals surface area contributed by atoms with Gasteiger partial charge in [0.2, 0.25) is 5.91 Å². The molecule has 2 amide bonds. The van der Waals surface area contributed by atoms with E-state index in [0.717, 1.165) is 35.7 Å². The summed E-state index contributed by atoms with van der Waals surface area (Å²) < 4.78 is 0.993. The number of hydrogen-bond acceptors (Lipinski definition) is 2. The summed E-state index contributed by atoms with van der Waals surface area (Å²) in [7, 11) is 0. The van der Waals surface area contributed by atoms with E-state index in [9.17, 15) is 9.59 Å². The molecule has 3 unspecified atom stereocenters. The molecule has 0 bridgehead atoms. The topological polar surface area (TPSA) is 49.4 Å². The maximum Gasteiger partial charge on any atom is 0.254 e. The molecule has 1 aliphatic heterocycles. The number of carbonyl (C=O) groups excluding carboxylic acids is 2. The number of rotatable bonds is 4. The molecule has 0 spiro atoms. The van der Waals surface area contributed by atoms with Crippen LogP contribution in [-0.2, 0) is 11.3 Å². The first kappa shape index (κ1) is 19.2. The van der Waals surface area contributed by atoms with Crippen molar-refractivity contribution in [1.29, 1.82) is 0 Å². The van der Waals surface area contributed by atoms with Crippen molar-refractivity contribution in [1.82, 2.24) is 10.2 Å². The zero-order valence-corrected chi connectivity index (χ0v) is 17.4. The van der Waals surface area contributed by atoms with E-state index in [-0.39, 0.29) is 23.9 Å². The van der Waals surface area contributed by atoms with Gasteiger partial charge in [-0.05, 0) is 55.0 Å². The van der Waals surface area contributed by atoms with Gasteiger partial charge in [-0.1, -0.05) is 59.1 Å². The molecule has 3 atom stereocenters. The number of nitrogens with one attached hydrogen (secondary N) is 1. The molecule has 5 heteroatoms. The molecule has 146 valence electrons. The molecule has 1 N–H and O–H groups in total. The SMILES string of the molecule is O=C(NCc1cccc(Br)c1)C1CC2CCCCC2N1C(=O)c1ccccc1. The van der Waals surface area contributed by atoms with Gasteiger partial charge in [0, 0.05) is 22.6 Å². The minimum atomic E-state index is -0.382. The number of likely N-dealkylation sites (tertiary alicyclic amines) is 1. The van der Waals surface area contributed by atoms with Crippen LogP contribution in [0.15, 0.2) is 59.1 Å². The van der Waals surface area contributed by atoms with Gasteiger partial charge in [-0.15, -0.1) is 0 Å². The van der Waals surface area contributed by atoms with Gasteiger partial charge in [-0.3, -0.25) is 9.59 Å². The van der Waals surface area contributed by atoms with E-state index in [1.165, 1.54) is 6.42 Å². The molecule has 2 aromatic carbocycles. The molecular weight excluding hydrogens is 416 g/mol. The maximum atomic E-state index is 13.3. The summed E-state index contributed by atoms with van der Waals surface area (Å²) in [6, 6.07) is 17.1. The highest BCUT2D eigenvalue weighted by molar-refractivity contribution is 9.10. The highest BCUT2D eigenvalue weighted by Crippen LogP contribution is 2.40. The molecule has 2 aliphatic rings. The largest absolute Gasteiger partial charge is 0.350 e. The van der Waals surface area contributed by atoms with E-state index in [1.54, 1.807) is 0 Å². The number of halogens is 1. The number of hydrogen-bond donors (Lipinski definition) is 1. The number of nitrogens with zero attached hydrogens (tertiary/aromatic N) is 1. The van der Waals surface area contributed by atoms with Gasteiger partial charge in [0.05, 0.1) is 0 Å². The monoisotopic (exact) mass is 440 g/mol. The molecular formula is C23H25BrN2O2. The summed E-state index contributed by atoms with van der Waals surface area (Å²) in [4.78, 5) is 28.2. The van der Waals surface area contributed by atoms with Gasteiger partial charge in [0.1, 0.15) is 6.04 Å². The Hall–Kier alpha value is -2.14. The highest BCUT2D eigenvalue weighted by atomic mass is 79.9. The van der Waals surface area contributed by atoms with Crippen LogP contribution in [0.25, 0.3) is 0 Å². The molecule has 0 aromatic heterocycles. The quantitative estimate of drug-likeness (QED) is 0.758. The molecule has 4 rings (SSSR count). The summed E-state index contributed by atoms with van der Waals surface area (Å²) in [5.74, 6) is 0.374. The summed E-state index contributed by atoms with van der Waals surface area (Å²) in [6.45, 7) is 0.470. The Kier molecular flexibility index (Phi) is 5.81. The zero-order valence-electron chi connectivity index (χ0n) is 15.8. The molecule has 4 nitrogen and oxygen atoms in total. The van der Waals surface area contributed by atoms with Crippen LogP contribution in [0, 0.1) is 5.92 Å². The van der Waals surface area contributed by atoms with Crippen LogP contribution in [0.2, 0.25) is 0 Å². The summed E-state index contributed by atoms with van der Waals surface area (Å²) in [6.07, 6.45) is 5.21. The summed E-state index contributed by atoms with van der Waals surface area (Å²) >= 11 is 3.47. The third kappa shape index (κ3) is 4.00. The third-order valence-corrected chi connectivity index (χ3v) is 6.49. The van der Waals surface area contributed by atoms with Crippen LogP contribution in [0.5, 0.6) is 0 Å². The fraction of sp³-hybridized carbons (Fsp3) is 0.391. The zero-order chi connectivity index (χ0) is 19.5. The lowest BCUT2D eigenvalue weighted by atomic mass is 9.84. The van der Waals surface area contributed by atoms with Gasteiger partial charge < -0.3 is 10.2 Å². The summed E-state index contributed by atoms with van der Waals surface area (Å²) in [5.41, 5.74) is 1.71. The van der Waals surface area contributed by atoms with E-state index in [1.807, 2.05) is 59.5 Å². The lowest BCUT2D eigenvalue weighted by Crippen LogP contribution is -2.49. The summed E-state index contributed by atoms with van der Waals surface area (Å²) in [5, 5.41) is 3.06. The van der Waals surface area contributed by atoms with E-state index in [2.05, 4.69) is 21.2 Å². The van der Waals surface area contributed by atoms with Crippen LogP contribution < -0.4 is 5.32 Å². The van der Waals surface area contributed by atoms with Gasteiger partial charge in [-0.2, -0.15) is 0 Å². The first-order valence-corrected chi connectivity index (χ1v) is 10.8. The molecule has 28 heavy (non-hydrogen) atoms. The van der Waals surface area contributed by atoms with Crippen molar-refractivity contribution in [3.05, 3.63) is 70.2 Å². The van der Waals surface area contributed by atoms with Crippen LogP contribution in [0.3, 0.4) is 0 Å². The van der Waals surface area contributed by atoms with E-state index in [4.69, 9.17) is 0 Å². The molecule has 1 aliphatic carbocycles. The van der Waals surface area contributed by atoms with Crippen molar-refractivity contribution in [2.24, 2.45) is 5.92 Å². The van der Waals surface area contributed by atoms with Crippen molar-refractivity contribution >= 4 is 27.7 Å². The second kappa shape index (κ2) is 8.48. The average Bonchev–Trinajstić information content (AvgIpc) is 3.12. The van der Waals surface area contributed by atoms with Crippen molar-refractivity contribution < 1.29 is 9.59 Å². The Morgan fingerprint density at radius 1 is 1.04 bits per heavy atom. The molecule has 0 radical (unpaired) electrons. The van der Waals surface area contributed by atoms with Gasteiger partial charge >= 0.3 is 0 Å². The lowest BCUT2D eigenvalue weighted by Gasteiger charge is -2.33. The van der Waals surface area contributed by atoms with Crippen molar-refractivity contribution in [2.45, 2.75) is 50.7 Å². The Labute approximate surface area is 174 Å². The fourth-order valence-electron chi connectivity index (χ4n) is 4.67. The fourth-order valence-corrected chi connectivity index (χ4v) is 5.12. The second-order valence-corrected chi connectivity index (χ2v) is 8.71. The predicted octanol–water partition coefficient (Wildman–Crippen LogP) is 4.54. The minimum Gasteiger partial charge on any atom is -0.350 e. The number of carbonyl (C=O) groups is 2. The van der Waals surface area contributed by atoms with E-state index in [0.29, 0.717) is 18.0 Å². The lowest BCUT2D eigenvalue weighted by molar-refractivity contribution is -0.125. The van der Waals surface area contributed by atoms with Gasteiger partial charge in [-0.25, -0.2) is 0 Å². The van der Waals surface area contributed by atoms with Crippen LogP contribution in [-0.4, -0.2) is 28.8 Å². The molecule has 1 saturated heterocycles. The molecule has 1 heterocycles. The third-order valence-electron chi connectivity index (χ3n) is 6.00. The molecule has 1 saturated carbocycles. The van der Waals surface area contributed by atoms with Crippen LogP contribution >= 0.6 is 15.9 Å². The molecule has 2 fully saturated rings. The predicted molar refractivity (Wildman–Crippen MR) is 113 cm³/mol. The van der Waals surface area contributed by atoms with Crippen molar-refractivity contribution in [2.75, 3.05) is 0 Å². The minimum absolute atomic E-state index is 0.0161. The van der Waals surface area contributed by atoms with Crippen molar-refractivity contribution in [3.8, 4) is 0 Å².